The van der Waals surface area contributed by atoms with Crippen LogP contribution in [0.5, 0.6) is 5.75 Å². The van der Waals surface area contributed by atoms with Crippen LogP contribution in [0.15, 0.2) is 24.3 Å². The van der Waals surface area contributed by atoms with Gasteiger partial charge in [0.25, 0.3) is 0 Å². The van der Waals surface area contributed by atoms with Crippen molar-refractivity contribution in [3.05, 3.63) is 29.8 Å². The lowest BCUT2D eigenvalue weighted by molar-refractivity contribution is -0.0756. The van der Waals surface area contributed by atoms with Gasteiger partial charge >= 0.3 is 0 Å². The standard InChI is InChI=1S/C20H34O2/c1-8-9-18(15(2)3)16-10-12-17(13-11-16)22-19(21-7)14-20(4,5)6/h10-13,15,18-19H,8-9,14H2,1-7H3. The molecule has 0 fully saturated rings. The molecule has 0 aliphatic rings. The van der Waals surface area contributed by atoms with Gasteiger partial charge in [0, 0.05) is 13.5 Å². The minimum absolute atomic E-state index is 0.185. The minimum Gasteiger partial charge on any atom is -0.465 e. The number of hydrogen-bond donors (Lipinski definition) is 0. The van der Waals surface area contributed by atoms with Gasteiger partial charge in [0.2, 0.25) is 0 Å². The largest absolute Gasteiger partial charge is 0.465 e. The van der Waals surface area contributed by atoms with Crippen molar-refractivity contribution in [3.63, 3.8) is 0 Å². The monoisotopic (exact) mass is 306 g/mol. The highest BCUT2D eigenvalue weighted by Gasteiger charge is 2.20. The smallest absolute Gasteiger partial charge is 0.200 e. The maximum atomic E-state index is 5.97. The highest BCUT2D eigenvalue weighted by molar-refractivity contribution is 5.29. The molecule has 0 amide bonds. The summed E-state index contributed by atoms with van der Waals surface area (Å²) in [5, 5.41) is 0. The molecule has 0 aromatic heterocycles. The zero-order valence-electron chi connectivity index (χ0n) is 15.5. The number of ether oxygens (including phenoxy) is 2. The Kier molecular flexibility index (Phi) is 7.41. The van der Waals surface area contributed by atoms with Crippen molar-refractivity contribution in [2.24, 2.45) is 11.3 Å². The summed E-state index contributed by atoms with van der Waals surface area (Å²) in [4.78, 5) is 0. The third kappa shape index (κ3) is 6.39. The molecule has 0 aliphatic heterocycles. The summed E-state index contributed by atoms with van der Waals surface area (Å²) in [6.07, 6.45) is 3.14. The Hall–Kier alpha value is -1.02. The Balaban J connectivity index is 2.75. The first-order valence-electron chi connectivity index (χ1n) is 8.56. The summed E-state index contributed by atoms with van der Waals surface area (Å²) >= 11 is 0. The zero-order chi connectivity index (χ0) is 16.8. The second-order valence-electron chi connectivity index (χ2n) is 7.76. The van der Waals surface area contributed by atoms with E-state index < -0.39 is 0 Å². The Labute approximate surface area is 137 Å². The van der Waals surface area contributed by atoms with Gasteiger partial charge in [-0.05, 0) is 41.4 Å². The molecule has 2 atom stereocenters. The maximum absolute atomic E-state index is 5.97. The fourth-order valence-corrected chi connectivity index (χ4v) is 2.81. The molecule has 2 nitrogen and oxygen atoms in total. The molecule has 0 saturated carbocycles. The predicted octanol–water partition coefficient (Wildman–Crippen LogP) is 6.01. The van der Waals surface area contributed by atoms with Gasteiger partial charge in [-0.1, -0.05) is 60.1 Å². The molecule has 1 rings (SSSR count). The van der Waals surface area contributed by atoms with Gasteiger partial charge in [-0.15, -0.1) is 0 Å². The summed E-state index contributed by atoms with van der Waals surface area (Å²) in [5.74, 6) is 2.19. The average Bonchev–Trinajstić information content (AvgIpc) is 2.43. The lowest BCUT2D eigenvalue weighted by Crippen LogP contribution is -2.25. The van der Waals surface area contributed by atoms with Crippen molar-refractivity contribution in [2.75, 3.05) is 7.11 Å². The summed E-state index contributed by atoms with van der Waals surface area (Å²) in [5.41, 5.74) is 1.60. The first kappa shape index (κ1) is 19.0. The lowest BCUT2D eigenvalue weighted by atomic mass is 9.85. The summed E-state index contributed by atoms with van der Waals surface area (Å²) in [7, 11) is 1.71. The van der Waals surface area contributed by atoms with E-state index in [1.54, 1.807) is 7.11 Å². The molecular formula is C20H34O2. The van der Waals surface area contributed by atoms with E-state index in [0.717, 1.165) is 12.2 Å². The summed E-state index contributed by atoms with van der Waals surface area (Å²) in [6.45, 7) is 13.4. The van der Waals surface area contributed by atoms with Crippen LogP contribution in [0.3, 0.4) is 0 Å². The van der Waals surface area contributed by atoms with Gasteiger partial charge in [-0.2, -0.15) is 0 Å². The fourth-order valence-electron chi connectivity index (χ4n) is 2.81. The van der Waals surface area contributed by atoms with Crippen LogP contribution >= 0.6 is 0 Å². The molecule has 0 N–H and O–H groups in total. The Morgan fingerprint density at radius 1 is 1.05 bits per heavy atom. The van der Waals surface area contributed by atoms with E-state index in [0.29, 0.717) is 11.8 Å². The van der Waals surface area contributed by atoms with Crippen molar-refractivity contribution in [1.29, 1.82) is 0 Å². The average molecular weight is 306 g/mol. The van der Waals surface area contributed by atoms with Crippen LogP contribution in [0.2, 0.25) is 0 Å². The van der Waals surface area contributed by atoms with Gasteiger partial charge in [-0.25, -0.2) is 0 Å². The molecule has 1 aromatic rings. The van der Waals surface area contributed by atoms with Crippen LogP contribution in [0.25, 0.3) is 0 Å². The molecule has 0 aliphatic carbocycles. The predicted molar refractivity (Wildman–Crippen MR) is 94.4 cm³/mol. The van der Waals surface area contributed by atoms with E-state index in [1.807, 2.05) is 0 Å². The maximum Gasteiger partial charge on any atom is 0.200 e. The Morgan fingerprint density at radius 2 is 1.64 bits per heavy atom. The van der Waals surface area contributed by atoms with E-state index in [4.69, 9.17) is 9.47 Å². The molecule has 1 aromatic carbocycles. The quantitative estimate of drug-likeness (QED) is 0.547. The first-order chi connectivity index (χ1) is 10.3. The van der Waals surface area contributed by atoms with Crippen LogP contribution in [0.4, 0.5) is 0 Å². The molecule has 0 bridgehead atoms. The highest BCUT2D eigenvalue weighted by Crippen LogP contribution is 2.31. The Bertz CT molecular complexity index is 414. The van der Waals surface area contributed by atoms with Gasteiger partial charge in [0.1, 0.15) is 5.75 Å². The normalized spacial score (nSPS) is 14.9. The third-order valence-corrected chi connectivity index (χ3v) is 4.02. The first-order valence-corrected chi connectivity index (χ1v) is 8.56. The second-order valence-corrected chi connectivity index (χ2v) is 7.76. The van der Waals surface area contributed by atoms with Gasteiger partial charge in [0.15, 0.2) is 6.29 Å². The fraction of sp³-hybridized carbons (Fsp3) is 0.700. The van der Waals surface area contributed by atoms with E-state index in [2.05, 4.69) is 65.8 Å². The van der Waals surface area contributed by atoms with Crippen LogP contribution in [0.1, 0.15) is 72.3 Å². The summed E-state index contributed by atoms with van der Waals surface area (Å²) in [6, 6.07) is 8.57. The lowest BCUT2D eigenvalue weighted by Gasteiger charge is -2.26. The van der Waals surface area contributed by atoms with Crippen LogP contribution in [0, 0.1) is 11.3 Å². The van der Waals surface area contributed by atoms with E-state index >= 15 is 0 Å². The Morgan fingerprint density at radius 3 is 2.05 bits per heavy atom. The summed E-state index contributed by atoms with van der Waals surface area (Å²) < 4.78 is 11.4. The molecule has 2 heteroatoms. The van der Waals surface area contributed by atoms with Gasteiger partial charge < -0.3 is 9.47 Å². The molecule has 126 valence electrons. The molecule has 0 spiro atoms. The van der Waals surface area contributed by atoms with Crippen molar-refractivity contribution in [2.45, 2.75) is 73.0 Å². The van der Waals surface area contributed by atoms with Crippen LogP contribution in [-0.4, -0.2) is 13.4 Å². The molecular weight excluding hydrogens is 272 g/mol. The zero-order valence-corrected chi connectivity index (χ0v) is 15.5. The second kappa shape index (κ2) is 8.57. The van der Waals surface area contributed by atoms with E-state index in [1.165, 1.54) is 18.4 Å². The number of rotatable bonds is 8. The highest BCUT2D eigenvalue weighted by atomic mass is 16.7. The number of benzene rings is 1. The van der Waals surface area contributed by atoms with Gasteiger partial charge in [0.05, 0.1) is 0 Å². The van der Waals surface area contributed by atoms with Crippen LogP contribution < -0.4 is 4.74 Å². The number of methoxy groups -OCH3 is 1. The van der Waals surface area contributed by atoms with E-state index in [9.17, 15) is 0 Å². The molecule has 0 heterocycles. The number of hydrogen-bond acceptors (Lipinski definition) is 2. The minimum atomic E-state index is -0.192. The van der Waals surface area contributed by atoms with Crippen molar-refractivity contribution >= 4 is 0 Å². The van der Waals surface area contributed by atoms with Gasteiger partial charge in [-0.3, -0.25) is 0 Å². The van der Waals surface area contributed by atoms with Crippen molar-refractivity contribution < 1.29 is 9.47 Å². The molecule has 0 radical (unpaired) electrons. The van der Waals surface area contributed by atoms with Crippen LogP contribution in [-0.2, 0) is 4.74 Å². The third-order valence-electron chi connectivity index (χ3n) is 4.02. The van der Waals surface area contributed by atoms with E-state index in [-0.39, 0.29) is 11.7 Å². The van der Waals surface area contributed by atoms with Crippen molar-refractivity contribution in [3.8, 4) is 5.75 Å². The topological polar surface area (TPSA) is 18.5 Å². The molecule has 0 saturated heterocycles. The SMILES string of the molecule is CCCC(c1ccc(OC(CC(C)(C)C)OC)cc1)C(C)C. The molecule has 22 heavy (non-hydrogen) atoms. The van der Waals surface area contributed by atoms with Crippen molar-refractivity contribution in [1.82, 2.24) is 0 Å². The molecule has 2 unspecified atom stereocenters.